The van der Waals surface area contributed by atoms with Crippen molar-refractivity contribution in [2.24, 2.45) is 0 Å². The van der Waals surface area contributed by atoms with Gasteiger partial charge in [-0.3, -0.25) is 9.78 Å². The summed E-state index contributed by atoms with van der Waals surface area (Å²) in [6, 6.07) is 1.37. The Morgan fingerprint density at radius 2 is 2.27 bits per heavy atom. The van der Waals surface area contributed by atoms with Gasteiger partial charge in [0, 0.05) is 4.47 Å². The van der Waals surface area contributed by atoms with Gasteiger partial charge in [-0.1, -0.05) is 0 Å². The van der Waals surface area contributed by atoms with Gasteiger partial charge in [0.25, 0.3) is 6.43 Å². The average Bonchev–Trinajstić information content (AvgIpc) is 2.09. The molecule has 1 rings (SSSR count). The predicted octanol–water partition coefficient (Wildman–Crippen LogP) is 2.72. The zero-order valence-corrected chi connectivity index (χ0v) is 9.38. The summed E-state index contributed by atoms with van der Waals surface area (Å²) in [5.74, 6) is -1.16. The van der Waals surface area contributed by atoms with Gasteiger partial charge in [0.1, 0.15) is 5.69 Å². The van der Waals surface area contributed by atoms with E-state index in [9.17, 15) is 13.6 Å². The molecule has 15 heavy (non-hydrogen) atoms. The molecule has 82 valence electrons. The first-order chi connectivity index (χ1) is 6.91. The highest BCUT2D eigenvalue weighted by Crippen LogP contribution is 2.26. The molecule has 0 saturated carbocycles. The molecule has 0 aliphatic carbocycles. The van der Waals surface area contributed by atoms with Gasteiger partial charge >= 0.3 is 5.97 Å². The minimum absolute atomic E-state index is 0.0370. The molecule has 0 radical (unpaired) electrons. The largest absolute Gasteiger partial charge is 0.481 e. The molecule has 0 aliphatic heterocycles. The second-order valence-corrected chi connectivity index (χ2v) is 3.83. The summed E-state index contributed by atoms with van der Waals surface area (Å²) < 4.78 is 25.6. The van der Waals surface area contributed by atoms with E-state index in [2.05, 4.69) is 20.9 Å². The van der Waals surface area contributed by atoms with Crippen LogP contribution in [0.25, 0.3) is 0 Å². The number of carboxylic acid groups (broad SMARTS) is 1. The van der Waals surface area contributed by atoms with Crippen molar-refractivity contribution in [3.63, 3.8) is 0 Å². The molecule has 0 fully saturated rings. The number of carbonyl (C=O) groups is 1. The average molecular weight is 280 g/mol. The van der Waals surface area contributed by atoms with E-state index in [1.54, 1.807) is 6.92 Å². The van der Waals surface area contributed by atoms with Crippen molar-refractivity contribution in [1.82, 2.24) is 4.98 Å². The first-order valence-corrected chi connectivity index (χ1v) is 4.87. The summed E-state index contributed by atoms with van der Waals surface area (Å²) in [4.78, 5) is 14.1. The summed E-state index contributed by atoms with van der Waals surface area (Å²) in [7, 11) is 0. The maximum Gasteiger partial charge on any atom is 0.307 e. The Bertz CT molecular complexity index is 396. The second-order valence-electron chi connectivity index (χ2n) is 2.97. The van der Waals surface area contributed by atoms with Crippen LogP contribution in [0.2, 0.25) is 0 Å². The molecule has 1 aromatic heterocycles. The molecular formula is C9H8BrF2NO2. The number of hydrogen-bond acceptors (Lipinski definition) is 2. The molecule has 0 spiro atoms. The first-order valence-electron chi connectivity index (χ1n) is 4.07. The van der Waals surface area contributed by atoms with Crippen molar-refractivity contribution in [1.29, 1.82) is 0 Å². The quantitative estimate of drug-likeness (QED) is 0.926. The fourth-order valence-electron chi connectivity index (χ4n) is 1.13. The molecule has 1 aromatic rings. The fourth-order valence-corrected chi connectivity index (χ4v) is 1.50. The molecule has 1 N–H and O–H groups in total. The molecule has 0 amide bonds. The second kappa shape index (κ2) is 4.65. The smallest absolute Gasteiger partial charge is 0.307 e. The predicted molar refractivity (Wildman–Crippen MR) is 53.0 cm³/mol. The number of carboxylic acids is 1. The van der Waals surface area contributed by atoms with Gasteiger partial charge in [-0.2, -0.15) is 0 Å². The van der Waals surface area contributed by atoms with Crippen LogP contribution in [0.5, 0.6) is 0 Å². The lowest BCUT2D eigenvalue weighted by molar-refractivity contribution is -0.136. The number of nitrogens with zero attached hydrogens (tertiary/aromatic N) is 1. The molecular weight excluding hydrogens is 272 g/mol. The maximum atomic E-state index is 12.5. The Morgan fingerprint density at radius 1 is 1.67 bits per heavy atom. The normalized spacial score (nSPS) is 10.7. The Hall–Kier alpha value is -1.04. The van der Waals surface area contributed by atoms with Crippen LogP contribution in [0, 0.1) is 6.92 Å². The summed E-state index contributed by atoms with van der Waals surface area (Å²) in [6.07, 6.45) is -3.21. The third-order valence-electron chi connectivity index (χ3n) is 1.81. The first kappa shape index (κ1) is 12.0. The summed E-state index contributed by atoms with van der Waals surface area (Å²) in [6.45, 7) is 1.57. The number of pyridine rings is 1. The zero-order valence-electron chi connectivity index (χ0n) is 7.80. The maximum absolute atomic E-state index is 12.5. The van der Waals surface area contributed by atoms with Crippen LogP contribution in [0.4, 0.5) is 8.78 Å². The van der Waals surface area contributed by atoms with E-state index >= 15 is 0 Å². The lowest BCUT2D eigenvalue weighted by Gasteiger charge is -2.08. The van der Waals surface area contributed by atoms with Gasteiger partial charge in [-0.05, 0) is 34.5 Å². The van der Waals surface area contributed by atoms with Gasteiger partial charge in [-0.15, -0.1) is 0 Å². The van der Waals surface area contributed by atoms with E-state index in [1.165, 1.54) is 6.07 Å². The van der Waals surface area contributed by atoms with Crippen LogP contribution >= 0.6 is 15.9 Å². The van der Waals surface area contributed by atoms with Crippen LogP contribution in [-0.2, 0) is 11.2 Å². The van der Waals surface area contributed by atoms with Crippen molar-refractivity contribution in [2.75, 3.05) is 0 Å². The van der Waals surface area contributed by atoms with Gasteiger partial charge in [-0.25, -0.2) is 8.78 Å². The molecule has 1 heterocycles. The van der Waals surface area contributed by atoms with Crippen LogP contribution in [0.3, 0.4) is 0 Å². The van der Waals surface area contributed by atoms with E-state index < -0.39 is 24.5 Å². The third-order valence-corrected chi connectivity index (χ3v) is 2.61. The van der Waals surface area contributed by atoms with Crippen molar-refractivity contribution >= 4 is 21.9 Å². The van der Waals surface area contributed by atoms with Gasteiger partial charge < -0.3 is 5.11 Å². The lowest BCUT2D eigenvalue weighted by atomic mass is 10.1. The number of hydrogen-bond donors (Lipinski definition) is 1. The number of aliphatic carboxylic acids is 1. The van der Waals surface area contributed by atoms with Crippen LogP contribution in [-0.4, -0.2) is 16.1 Å². The molecule has 3 nitrogen and oxygen atoms in total. The SMILES string of the molecule is Cc1nc(C(F)F)c(CC(=O)O)cc1Br. The highest BCUT2D eigenvalue weighted by atomic mass is 79.9. The van der Waals surface area contributed by atoms with E-state index in [0.29, 0.717) is 10.2 Å². The Balaban J connectivity index is 3.21. The van der Waals surface area contributed by atoms with Crippen molar-refractivity contribution in [3.8, 4) is 0 Å². The van der Waals surface area contributed by atoms with Crippen LogP contribution in [0.15, 0.2) is 10.5 Å². The van der Waals surface area contributed by atoms with Crippen molar-refractivity contribution in [2.45, 2.75) is 19.8 Å². The van der Waals surface area contributed by atoms with Gasteiger partial charge in [0.15, 0.2) is 0 Å². The Labute approximate surface area is 93.3 Å². The Morgan fingerprint density at radius 3 is 2.73 bits per heavy atom. The fraction of sp³-hybridized carbons (Fsp3) is 0.333. The van der Waals surface area contributed by atoms with E-state index in [1.807, 2.05) is 0 Å². The molecule has 0 aromatic carbocycles. The highest BCUT2D eigenvalue weighted by Gasteiger charge is 2.18. The number of rotatable bonds is 3. The summed E-state index contributed by atoms with van der Waals surface area (Å²) in [5.41, 5.74) is -0.00693. The number of alkyl halides is 2. The van der Waals surface area contributed by atoms with Crippen molar-refractivity contribution in [3.05, 3.63) is 27.5 Å². The molecule has 6 heteroatoms. The zero-order chi connectivity index (χ0) is 11.6. The van der Waals surface area contributed by atoms with Crippen LogP contribution < -0.4 is 0 Å². The van der Waals surface area contributed by atoms with Gasteiger partial charge in [0.05, 0.1) is 12.1 Å². The molecule has 0 bridgehead atoms. The minimum atomic E-state index is -2.76. The van der Waals surface area contributed by atoms with Gasteiger partial charge in [0.2, 0.25) is 0 Å². The van der Waals surface area contributed by atoms with E-state index in [4.69, 9.17) is 5.11 Å². The topological polar surface area (TPSA) is 50.2 Å². The molecule has 0 atom stereocenters. The monoisotopic (exact) mass is 279 g/mol. The molecule has 0 unspecified atom stereocenters. The summed E-state index contributed by atoms with van der Waals surface area (Å²) >= 11 is 3.12. The number of aromatic nitrogens is 1. The standard InChI is InChI=1S/C9H8BrF2NO2/c1-4-6(10)2-5(3-7(14)15)8(13-4)9(11)12/h2,9H,3H2,1H3,(H,14,15). The minimum Gasteiger partial charge on any atom is -0.481 e. The highest BCUT2D eigenvalue weighted by molar-refractivity contribution is 9.10. The van der Waals surface area contributed by atoms with E-state index in [-0.39, 0.29) is 5.56 Å². The van der Waals surface area contributed by atoms with E-state index in [0.717, 1.165) is 0 Å². The van der Waals surface area contributed by atoms with Crippen LogP contribution in [0.1, 0.15) is 23.4 Å². The number of aryl methyl sites for hydroxylation is 1. The molecule has 0 aliphatic rings. The van der Waals surface area contributed by atoms with Crippen molar-refractivity contribution < 1.29 is 18.7 Å². The summed E-state index contributed by atoms with van der Waals surface area (Å²) in [5, 5.41) is 8.55. The lowest BCUT2D eigenvalue weighted by Crippen LogP contribution is -2.07. The third kappa shape index (κ3) is 2.95. The number of halogens is 3. The Kier molecular flexibility index (Phi) is 3.73. The molecule has 0 saturated heterocycles.